The number of amides is 15. The molecule has 5 aromatic carbocycles. The standard InChI is InChI=1S/C91H123N21O18S/c1-51(2)42-64-81(122)107-69(78(119)99-47-72(92)114)49-131-50-73(115)100-65(43-56-30-36-61(113)37-31-56)82(123)104-66(44-54-26-32-59(33-27-54)57-18-10-8-11-19-57)83(124)106-68(45-55-28-34-60(35-29-55)58-20-12-9-13-21-58)88(129)110(7)48-74(116)111-40-16-24-70(111)85(126)105-67(46-75(117)118)84(125)101-63(23-15-39-98-91(95)96)80(121)109-77(53(5)6)89(130)112-41-17-25-71(112)86(127)108-76(52(3)4)87(128)102-62(79(120)103-64)22-14-38-97-90(93)94/h8-13,18-21,26-37,51-53,62-71,76-77,113H,14-17,22-25,38-50H2,1-7H3,(H2,92,114)(H,99,119)(H,100,115)(H,101,125)(H,102,128)(H,103,120)(H,104,123)(H,105,126)(H,106,124)(H,107,122)(H,108,127)(H,109,121)(H,117,118)(H4,93,94,97)(H4,95,96,98)/t62-,63-,64-,65-,66-,67-,68-,69-,70-,71-,76-,77-/m0/s1. The van der Waals surface area contributed by atoms with E-state index < -0.39 is 222 Å². The van der Waals surface area contributed by atoms with Gasteiger partial charge in [0, 0.05) is 58.2 Å². The number of thioether (sulfide) groups is 1. The molecule has 3 fully saturated rings. The highest BCUT2D eigenvalue weighted by molar-refractivity contribution is 8.00. The highest BCUT2D eigenvalue weighted by atomic mass is 32.2. The number of aromatic hydroxyl groups is 1. The molecule has 0 unspecified atom stereocenters. The molecular weight excluding hydrogens is 1710 g/mol. The highest BCUT2D eigenvalue weighted by Gasteiger charge is 2.44. The molecule has 40 heteroatoms. The van der Waals surface area contributed by atoms with Crippen LogP contribution in [-0.4, -0.2) is 262 Å². The first kappa shape index (κ1) is 103. The number of primary amides is 1. The first-order valence-electron chi connectivity index (χ1n) is 43.8. The molecule has 0 aliphatic carbocycles. The third kappa shape index (κ3) is 32.2. The van der Waals surface area contributed by atoms with E-state index in [4.69, 9.17) is 28.0 Å². The third-order valence-electron chi connectivity index (χ3n) is 22.4. The van der Waals surface area contributed by atoms with Gasteiger partial charge in [0.1, 0.15) is 78.3 Å². The van der Waals surface area contributed by atoms with E-state index >= 15 is 14.4 Å². The summed E-state index contributed by atoms with van der Waals surface area (Å²) in [7, 11) is 1.30. The molecule has 5 aromatic rings. The number of guanidine groups is 2. The second-order valence-electron chi connectivity index (χ2n) is 33.9. The largest absolute Gasteiger partial charge is 0.508 e. The van der Waals surface area contributed by atoms with Crippen molar-refractivity contribution < 1.29 is 86.9 Å². The summed E-state index contributed by atoms with van der Waals surface area (Å²) in [5.74, 6) is -18.8. The monoisotopic (exact) mass is 1830 g/mol. The lowest BCUT2D eigenvalue weighted by molar-refractivity contribution is -0.145. The predicted molar refractivity (Wildman–Crippen MR) is 489 cm³/mol. The minimum absolute atomic E-state index is 0.00830. The van der Waals surface area contributed by atoms with Gasteiger partial charge in [-0.15, -0.1) is 11.8 Å². The maximum Gasteiger partial charge on any atom is 0.305 e. The van der Waals surface area contributed by atoms with Crippen LogP contribution in [0.4, 0.5) is 0 Å². The van der Waals surface area contributed by atoms with Crippen molar-refractivity contribution in [1.29, 1.82) is 10.8 Å². The molecule has 0 saturated carbocycles. The smallest absolute Gasteiger partial charge is 0.305 e. The van der Waals surface area contributed by atoms with E-state index in [0.29, 0.717) is 16.7 Å². The van der Waals surface area contributed by atoms with Crippen molar-refractivity contribution in [3.05, 3.63) is 150 Å². The van der Waals surface area contributed by atoms with E-state index in [1.165, 1.54) is 36.2 Å². The number of phenols is 1. The Morgan fingerprint density at radius 2 is 0.878 bits per heavy atom. The van der Waals surface area contributed by atoms with Crippen LogP contribution >= 0.6 is 11.8 Å². The molecule has 0 radical (unpaired) electrons. The quantitative estimate of drug-likeness (QED) is 0.0203. The number of carbonyl (C=O) groups is 16. The first-order valence-corrected chi connectivity index (χ1v) is 44.9. The molecule has 0 bridgehead atoms. The van der Waals surface area contributed by atoms with Gasteiger partial charge in [-0.1, -0.05) is 163 Å². The zero-order chi connectivity index (χ0) is 95.7. The van der Waals surface area contributed by atoms with Gasteiger partial charge in [0.15, 0.2) is 11.9 Å². The Morgan fingerprint density at radius 1 is 0.466 bits per heavy atom. The van der Waals surface area contributed by atoms with E-state index in [0.717, 1.165) is 43.8 Å². The molecule has 8 rings (SSSR count). The number of nitrogens with two attached hydrogens (primary N) is 3. The number of carboxylic acids is 1. The fourth-order valence-corrected chi connectivity index (χ4v) is 16.3. The number of rotatable bonds is 25. The summed E-state index contributed by atoms with van der Waals surface area (Å²) in [5, 5.41) is 70.7. The Kier molecular flexibility index (Phi) is 39.4. The van der Waals surface area contributed by atoms with Crippen LogP contribution in [0, 0.1) is 28.6 Å². The topological polar surface area (TPSA) is 605 Å². The molecule has 3 aliphatic rings. The van der Waals surface area contributed by atoms with Crippen LogP contribution in [0.3, 0.4) is 0 Å². The molecule has 3 aliphatic heterocycles. The molecule has 3 saturated heterocycles. The normalized spacial score (nSPS) is 22.9. The first-order chi connectivity index (χ1) is 62.3. The van der Waals surface area contributed by atoms with E-state index in [2.05, 4.69) is 69.1 Å². The minimum Gasteiger partial charge on any atom is -0.508 e. The SMILES string of the molecule is CC(C)C[C@@H]1NC(=O)[C@H](CCCNC(=N)N)NC(=O)[C@H](C(C)C)NC(=O)[C@@H]2CCCN2C(=O)[C@H](C(C)C)NC(=O)[C@H](CCCNC(=N)N)NC(=O)[C@H](CC(=O)O)NC(=O)[C@@H]2CCCN2C(=O)CN(C)C(=O)[C@H](Cc2ccc(-c3ccccc3)cc2)NC(=O)[C@H](Cc2ccc(-c3ccccc3)cc2)NC(=O)[C@H](Cc2ccc(O)cc2)NC(=O)CSC[C@@H](C(=O)NCC(N)=O)NC1=O. The van der Waals surface area contributed by atoms with Gasteiger partial charge >= 0.3 is 5.97 Å². The van der Waals surface area contributed by atoms with Gasteiger partial charge < -0.3 is 111 Å². The fourth-order valence-electron chi connectivity index (χ4n) is 15.5. The summed E-state index contributed by atoms with van der Waals surface area (Å²) in [6, 6.07) is 20.6. The average molecular weight is 1830 g/mol. The number of aliphatic carboxylic acids is 1. The second kappa shape index (κ2) is 50.3. The summed E-state index contributed by atoms with van der Waals surface area (Å²) in [6.07, 6.45) is -1.61. The molecule has 39 nitrogen and oxygen atoms in total. The van der Waals surface area contributed by atoms with Crippen molar-refractivity contribution in [3.8, 4) is 28.0 Å². The van der Waals surface area contributed by atoms with Gasteiger partial charge in [-0.25, -0.2) is 0 Å². The number of likely N-dealkylation sites (N-methyl/N-ethyl adjacent to an activating group) is 1. The number of hydrogen-bond donors (Lipinski definition) is 20. The summed E-state index contributed by atoms with van der Waals surface area (Å²) < 4.78 is 0. The van der Waals surface area contributed by atoms with Gasteiger partial charge in [-0.3, -0.25) is 87.5 Å². The van der Waals surface area contributed by atoms with Gasteiger partial charge in [-0.2, -0.15) is 0 Å². The zero-order valence-electron chi connectivity index (χ0n) is 74.6. The van der Waals surface area contributed by atoms with Crippen LogP contribution in [0.2, 0.25) is 0 Å². The number of phenolic OH excluding ortho intramolecular Hbond substituents is 1. The van der Waals surface area contributed by atoms with Crippen LogP contribution in [0.15, 0.2) is 133 Å². The van der Waals surface area contributed by atoms with Gasteiger partial charge in [0.25, 0.3) is 0 Å². The van der Waals surface area contributed by atoms with Crippen molar-refractivity contribution in [2.75, 3.05) is 57.8 Å². The number of hydrogen-bond acceptors (Lipinski definition) is 20. The fraction of sp³-hybridized carbons (Fsp3) is 0.473. The zero-order valence-corrected chi connectivity index (χ0v) is 75.4. The highest BCUT2D eigenvalue weighted by Crippen LogP contribution is 2.27. The lowest BCUT2D eigenvalue weighted by Gasteiger charge is -2.33. The molecule has 0 aromatic heterocycles. The maximum atomic E-state index is 15.6. The lowest BCUT2D eigenvalue weighted by atomic mass is 9.98. The Bertz CT molecular complexity index is 4860. The molecular formula is C91H123N21O18S. The summed E-state index contributed by atoms with van der Waals surface area (Å²) in [5.41, 5.74) is 21.4. The summed E-state index contributed by atoms with van der Waals surface area (Å²) >= 11 is 0.797. The lowest BCUT2D eigenvalue weighted by Crippen LogP contribution is -2.61. The maximum absolute atomic E-state index is 15.6. The van der Waals surface area contributed by atoms with Gasteiger partial charge in [-0.05, 0) is 127 Å². The number of carbonyl (C=O) groups excluding carboxylic acids is 15. The van der Waals surface area contributed by atoms with Crippen LogP contribution in [0.1, 0.15) is 122 Å². The van der Waals surface area contributed by atoms with E-state index in [1.807, 2.05) is 84.9 Å². The van der Waals surface area contributed by atoms with Crippen molar-refractivity contribution >= 4 is 118 Å². The second-order valence-corrected chi connectivity index (χ2v) is 35.0. The number of nitrogens with one attached hydrogen (secondary N) is 15. The molecule has 23 N–H and O–H groups in total. The van der Waals surface area contributed by atoms with Crippen molar-refractivity contribution in [2.24, 2.45) is 35.0 Å². The van der Waals surface area contributed by atoms with E-state index in [9.17, 15) is 72.5 Å². The number of fused-ring (bicyclic) bond motifs is 2. The van der Waals surface area contributed by atoms with Crippen molar-refractivity contribution in [1.82, 2.24) is 83.8 Å². The van der Waals surface area contributed by atoms with Gasteiger partial charge in [0.2, 0.25) is 88.6 Å². The molecule has 0 spiro atoms. The predicted octanol–water partition coefficient (Wildman–Crippen LogP) is -0.250. The summed E-state index contributed by atoms with van der Waals surface area (Å²) in [4.78, 5) is 236. The Labute approximate surface area is 764 Å². The van der Waals surface area contributed by atoms with Crippen molar-refractivity contribution in [3.63, 3.8) is 0 Å². The van der Waals surface area contributed by atoms with Crippen LogP contribution < -0.4 is 86.3 Å². The van der Waals surface area contributed by atoms with Gasteiger partial charge in [0.05, 0.1) is 25.3 Å². The molecule has 12 atom stereocenters. The number of nitrogens with zero attached hydrogens (tertiary/aromatic N) is 3. The van der Waals surface area contributed by atoms with Crippen LogP contribution in [0.25, 0.3) is 22.3 Å². The van der Waals surface area contributed by atoms with Crippen LogP contribution in [-0.2, 0) is 96.0 Å². The van der Waals surface area contributed by atoms with E-state index in [1.54, 1.807) is 65.8 Å². The Morgan fingerprint density at radius 3 is 1.38 bits per heavy atom. The Hall–Kier alpha value is -13.7. The third-order valence-corrected chi connectivity index (χ3v) is 23.4. The molecule has 3 heterocycles. The number of benzene rings is 5. The molecule has 706 valence electrons. The molecule has 15 amide bonds. The minimum atomic E-state index is -1.92. The van der Waals surface area contributed by atoms with E-state index in [-0.39, 0.29) is 115 Å². The van der Waals surface area contributed by atoms with Crippen molar-refractivity contribution in [2.45, 2.75) is 198 Å². The molecule has 131 heavy (non-hydrogen) atoms. The van der Waals surface area contributed by atoms with Crippen LogP contribution in [0.5, 0.6) is 5.75 Å². The average Bonchev–Trinajstić information content (AvgIpc) is 1.71. The summed E-state index contributed by atoms with van der Waals surface area (Å²) in [6.45, 7) is 8.41. The number of carboxylic acid groups (broad SMARTS) is 1. The Balaban J connectivity index is 1.19.